The highest BCUT2D eigenvalue weighted by Crippen LogP contribution is 2.39. The van der Waals surface area contributed by atoms with Gasteiger partial charge in [-0.2, -0.15) is 0 Å². The molecule has 1 atom stereocenters. The van der Waals surface area contributed by atoms with Crippen LogP contribution in [0, 0.1) is 5.41 Å². The Bertz CT molecular complexity index is 590. The molecule has 5 heteroatoms. The fourth-order valence-electron chi connectivity index (χ4n) is 4.14. The van der Waals surface area contributed by atoms with Gasteiger partial charge in [0.25, 0.3) is 0 Å². The predicted molar refractivity (Wildman–Crippen MR) is 91.5 cm³/mol. The molecule has 2 saturated heterocycles. The molecule has 24 heavy (non-hydrogen) atoms. The lowest BCUT2D eigenvalue weighted by Gasteiger charge is -2.48. The van der Waals surface area contributed by atoms with Crippen LogP contribution >= 0.6 is 0 Å². The molecule has 1 amide bonds. The lowest BCUT2D eigenvalue weighted by molar-refractivity contribution is -0.140. The standard InChI is InChI=1S/C19H26N2O3/c22-17-7-10-19(9-4-11-20(14-19)12-8-18(23)24)15-21(17)13-16-5-2-1-3-6-16/h1-3,5-6H,4,7-15H2,(H,23,24)/t19-/m1/s1. The molecular formula is C19H26N2O3. The zero-order valence-electron chi connectivity index (χ0n) is 14.1. The van der Waals surface area contributed by atoms with Gasteiger partial charge in [0.05, 0.1) is 6.42 Å². The first-order chi connectivity index (χ1) is 11.6. The van der Waals surface area contributed by atoms with Gasteiger partial charge in [-0.3, -0.25) is 9.59 Å². The molecule has 0 bridgehead atoms. The van der Waals surface area contributed by atoms with Gasteiger partial charge in [-0.25, -0.2) is 0 Å². The van der Waals surface area contributed by atoms with Gasteiger partial charge in [0, 0.05) is 38.0 Å². The number of carbonyl (C=O) groups is 2. The number of hydrogen-bond donors (Lipinski definition) is 1. The van der Waals surface area contributed by atoms with Gasteiger partial charge in [0.2, 0.25) is 5.91 Å². The third-order valence-corrected chi connectivity index (χ3v) is 5.35. The van der Waals surface area contributed by atoms with Crippen molar-refractivity contribution in [3.05, 3.63) is 35.9 Å². The largest absolute Gasteiger partial charge is 0.481 e. The van der Waals surface area contributed by atoms with Gasteiger partial charge in [-0.1, -0.05) is 30.3 Å². The smallest absolute Gasteiger partial charge is 0.304 e. The van der Waals surface area contributed by atoms with E-state index < -0.39 is 5.97 Å². The Morgan fingerprint density at radius 3 is 2.71 bits per heavy atom. The molecule has 2 aliphatic rings. The Labute approximate surface area is 143 Å². The third kappa shape index (κ3) is 4.15. The minimum Gasteiger partial charge on any atom is -0.481 e. The highest BCUT2D eigenvalue weighted by Gasteiger charge is 2.41. The number of carbonyl (C=O) groups excluding carboxylic acids is 1. The number of nitrogens with zero attached hydrogens (tertiary/aromatic N) is 2. The van der Waals surface area contributed by atoms with Crippen molar-refractivity contribution in [2.75, 3.05) is 26.2 Å². The quantitative estimate of drug-likeness (QED) is 0.900. The number of likely N-dealkylation sites (tertiary alicyclic amines) is 2. The van der Waals surface area contributed by atoms with Gasteiger partial charge in [-0.05, 0) is 31.4 Å². The Kier molecular flexibility index (Phi) is 5.19. The molecule has 5 nitrogen and oxygen atoms in total. The average Bonchev–Trinajstić information content (AvgIpc) is 2.58. The van der Waals surface area contributed by atoms with Crippen LogP contribution in [0.1, 0.15) is 37.7 Å². The highest BCUT2D eigenvalue weighted by molar-refractivity contribution is 5.77. The monoisotopic (exact) mass is 330 g/mol. The van der Waals surface area contributed by atoms with Crippen molar-refractivity contribution in [1.29, 1.82) is 0 Å². The molecule has 1 N–H and O–H groups in total. The SMILES string of the molecule is O=C(O)CCN1CCC[C@@]2(CCC(=O)N(Cc3ccccc3)C2)C1. The molecule has 1 aromatic carbocycles. The van der Waals surface area contributed by atoms with Crippen molar-refractivity contribution in [2.45, 2.75) is 38.6 Å². The van der Waals surface area contributed by atoms with Gasteiger partial charge in [0.1, 0.15) is 0 Å². The van der Waals surface area contributed by atoms with E-state index in [0.717, 1.165) is 38.9 Å². The third-order valence-electron chi connectivity index (χ3n) is 5.35. The molecule has 130 valence electrons. The molecule has 0 radical (unpaired) electrons. The zero-order chi connectivity index (χ0) is 17.0. The number of aliphatic carboxylic acids is 1. The second kappa shape index (κ2) is 7.34. The van der Waals surface area contributed by atoms with Crippen LogP contribution in [-0.2, 0) is 16.1 Å². The summed E-state index contributed by atoms with van der Waals surface area (Å²) in [5, 5.41) is 8.91. The summed E-state index contributed by atoms with van der Waals surface area (Å²) in [6, 6.07) is 10.1. The number of carboxylic acids is 1. The zero-order valence-corrected chi connectivity index (χ0v) is 14.1. The summed E-state index contributed by atoms with van der Waals surface area (Å²) in [7, 11) is 0. The van der Waals surface area contributed by atoms with Crippen LogP contribution in [0.25, 0.3) is 0 Å². The fourth-order valence-corrected chi connectivity index (χ4v) is 4.14. The Hall–Kier alpha value is -1.88. The van der Waals surface area contributed by atoms with Gasteiger partial charge in [0.15, 0.2) is 0 Å². The number of carboxylic acid groups (broad SMARTS) is 1. The van der Waals surface area contributed by atoms with Crippen molar-refractivity contribution < 1.29 is 14.7 Å². The first kappa shape index (κ1) is 17.0. The lowest BCUT2D eigenvalue weighted by atomic mass is 9.73. The van der Waals surface area contributed by atoms with Gasteiger partial charge >= 0.3 is 5.97 Å². The van der Waals surface area contributed by atoms with E-state index in [1.54, 1.807) is 0 Å². The molecule has 1 aromatic rings. The summed E-state index contributed by atoms with van der Waals surface area (Å²) in [5.74, 6) is -0.494. The van der Waals surface area contributed by atoms with Crippen molar-refractivity contribution in [1.82, 2.24) is 9.80 Å². The summed E-state index contributed by atoms with van der Waals surface area (Å²) in [5.41, 5.74) is 1.31. The minimum atomic E-state index is -0.737. The second-order valence-corrected chi connectivity index (χ2v) is 7.26. The van der Waals surface area contributed by atoms with E-state index in [-0.39, 0.29) is 17.7 Å². The van der Waals surface area contributed by atoms with Crippen LogP contribution in [0.3, 0.4) is 0 Å². The van der Waals surface area contributed by atoms with E-state index in [4.69, 9.17) is 5.11 Å². The van der Waals surface area contributed by atoms with Crippen LogP contribution in [0.2, 0.25) is 0 Å². The highest BCUT2D eigenvalue weighted by atomic mass is 16.4. The van der Waals surface area contributed by atoms with E-state index in [1.807, 2.05) is 23.1 Å². The lowest BCUT2D eigenvalue weighted by Crippen LogP contribution is -2.53. The van der Waals surface area contributed by atoms with Gasteiger partial charge < -0.3 is 14.9 Å². The van der Waals surface area contributed by atoms with Crippen molar-refractivity contribution in [3.8, 4) is 0 Å². The van der Waals surface area contributed by atoms with E-state index in [0.29, 0.717) is 19.5 Å². The second-order valence-electron chi connectivity index (χ2n) is 7.26. The average molecular weight is 330 g/mol. The Balaban J connectivity index is 1.64. The van der Waals surface area contributed by atoms with Crippen LogP contribution in [0.15, 0.2) is 30.3 Å². The van der Waals surface area contributed by atoms with Crippen LogP contribution in [0.4, 0.5) is 0 Å². The topological polar surface area (TPSA) is 60.9 Å². The number of piperidine rings is 2. The van der Waals surface area contributed by atoms with E-state index in [1.165, 1.54) is 5.56 Å². The molecule has 3 rings (SSSR count). The number of amides is 1. The molecule has 0 aromatic heterocycles. The van der Waals surface area contributed by atoms with Crippen molar-refractivity contribution in [3.63, 3.8) is 0 Å². The number of rotatable bonds is 5. The van der Waals surface area contributed by atoms with E-state index in [2.05, 4.69) is 17.0 Å². The minimum absolute atomic E-state index is 0.138. The summed E-state index contributed by atoms with van der Waals surface area (Å²) in [4.78, 5) is 27.5. The van der Waals surface area contributed by atoms with E-state index >= 15 is 0 Å². The fraction of sp³-hybridized carbons (Fsp3) is 0.579. The van der Waals surface area contributed by atoms with Gasteiger partial charge in [-0.15, -0.1) is 0 Å². The molecule has 2 aliphatic heterocycles. The van der Waals surface area contributed by atoms with Crippen LogP contribution < -0.4 is 0 Å². The first-order valence-corrected chi connectivity index (χ1v) is 8.82. The first-order valence-electron chi connectivity index (χ1n) is 8.82. The normalized spacial score (nSPS) is 25.2. The molecule has 0 unspecified atom stereocenters. The Morgan fingerprint density at radius 1 is 1.17 bits per heavy atom. The van der Waals surface area contributed by atoms with Crippen LogP contribution in [0.5, 0.6) is 0 Å². The molecular weight excluding hydrogens is 304 g/mol. The molecule has 1 spiro atoms. The maximum atomic E-state index is 12.4. The maximum Gasteiger partial charge on any atom is 0.304 e. The number of benzene rings is 1. The molecule has 0 aliphatic carbocycles. The molecule has 2 heterocycles. The summed E-state index contributed by atoms with van der Waals surface area (Å²) in [6.07, 6.45) is 3.96. The predicted octanol–water partition coefficient (Wildman–Crippen LogP) is 2.37. The molecule has 2 fully saturated rings. The van der Waals surface area contributed by atoms with Crippen molar-refractivity contribution >= 4 is 11.9 Å². The van der Waals surface area contributed by atoms with Crippen LogP contribution in [-0.4, -0.2) is 53.0 Å². The van der Waals surface area contributed by atoms with Crippen molar-refractivity contribution in [2.24, 2.45) is 5.41 Å². The number of hydrogen-bond acceptors (Lipinski definition) is 3. The summed E-state index contributed by atoms with van der Waals surface area (Å²) in [6.45, 7) is 3.98. The Morgan fingerprint density at radius 2 is 1.96 bits per heavy atom. The summed E-state index contributed by atoms with van der Waals surface area (Å²) < 4.78 is 0. The maximum absolute atomic E-state index is 12.4. The van der Waals surface area contributed by atoms with E-state index in [9.17, 15) is 9.59 Å². The molecule has 0 saturated carbocycles. The summed E-state index contributed by atoms with van der Waals surface area (Å²) >= 11 is 0.